The molecular weight excluding hydrogens is 288 g/mol. The zero-order chi connectivity index (χ0) is 14.0. The maximum Gasteiger partial charge on any atom is 0.163 e. The average molecular weight is 310 g/mol. The van der Waals surface area contributed by atoms with E-state index in [1.807, 2.05) is 0 Å². The number of thioether (sulfide) groups is 2. The number of aliphatic hydroxyl groups excluding tert-OH is 3. The molecule has 2 saturated heterocycles. The molecule has 2 fully saturated rings. The molecule has 2 heterocycles. The van der Waals surface area contributed by atoms with Crippen molar-refractivity contribution in [2.75, 3.05) is 18.1 Å². The predicted octanol–water partition coefficient (Wildman–Crippen LogP) is 0.417. The van der Waals surface area contributed by atoms with Crippen LogP contribution in [0.2, 0.25) is 0 Å². The van der Waals surface area contributed by atoms with Crippen molar-refractivity contribution >= 4 is 23.5 Å². The quantitative estimate of drug-likeness (QED) is 0.694. The summed E-state index contributed by atoms with van der Waals surface area (Å²) >= 11 is 3.26. The van der Waals surface area contributed by atoms with Gasteiger partial charge >= 0.3 is 0 Å². The van der Waals surface area contributed by atoms with Gasteiger partial charge in [0, 0.05) is 0 Å². The monoisotopic (exact) mass is 310 g/mol. The highest BCUT2D eigenvalue weighted by molar-refractivity contribution is 8.17. The maximum absolute atomic E-state index is 10.2. The lowest BCUT2D eigenvalue weighted by molar-refractivity contribution is -0.167. The number of hydrogen-bond donors (Lipinski definition) is 3. The van der Waals surface area contributed by atoms with Gasteiger partial charge in [-0.2, -0.15) is 0 Å². The number of ether oxygens (including phenoxy) is 2. The van der Waals surface area contributed by atoms with E-state index in [4.69, 9.17) is 9.47 Å². The van der Waals surface area contributed by atoms with Crippen molar-refractivity contribution in [3.05, 3.63) is 0 Å². The third-order valence-corrected chi connectivity index (χ3v) is 6.32. The molecule has 0 saturated carbocycles. The molecule has 7 heteroatoms. The first kappa shape index (κ1) is 15.9. The van der Waals surface area contributed by atoms with Crippen LogP contribution in [0.4, 0.5) is 0 Å². The van der Waals surface area contributed by atoms with E-state index in [0.717, 1.165) is 17.9 Å². The minimum absolute atomic E-state index is 0.0891. The summed E-state index contributed by atoms with van der Waals surface area (Å²) in [6, 6.07) is 0. The molecule has 0 bridgehead atoms. The summed E-state index contributed by atoms with van der Waals surface area (Å²) in [5.41, 5.74) is 0. The van der Waals surface area contributed by atoms with Crippen LogP contribution in [0.5, 0.6) is 0 Å². The maximum atomic E-state index is 10.2. The van der Waals surface area contributed by atoms with Crippen molar-refractivity contribution in [1.82, 2.24) is 0 Å². The summed E-state index contributed by atoms with van der Waals surface area (Å²) < 4.78 is 10.8. The Morgan fingerprint density at radius 2 is 1.74 bits per heavy atom. The molecule has 0 aliphatic carbocycles. The van der Waals surface area contributed by atoms with Gasteiger partial charge in [0.1, 0.15) is 24.4 Å². The summed E-state index contributed by atoms with van der Waals surface area (Å²) in [7, 11) is 0. The van der Waals surface area contributed by atoms with E-state index in [-0.39, 0.29) is 11.2 Å². The summed E-state index contributed by atoms with van der Waals surface area (Å²) in [4.78, 5) is 0. The van der Waals surface area contributed by atoms with E-state index in [1.165, 1.54) is 0 Å². The van der Waals surface area contributed by atoms with Crippen molar-refractivity contribution < 1.29 is 24.8 Å². The summed E-state index contributed by atoms with van der Waals surface area (Å²) in [5.74, 6) is 1.21. The van der Waals surface area contributed by atoms with Crippen LogP contribution < -0.4 is 0 Å². The minimum Gasteiger partial charge on any atom is -0.388 e. The lowest BCUT2D eigenvalue weighted by Crippen LogP contribution is -2.49. The molecule has 2 aliphatic rings. The van der Waals surface area contributed by atoms with E-state index in [1.54, 1.807) is 37.4 Å². The van der Waals surface area contributed by atoms with Crippen LogP contribution in [-0.2, 0) is 9.47 Å². The third-order valence-electron chi connectivity index (χ3n) is 3.24. The summed E-state index contributed by atoms with van der Waals surface area (Å²) in [6.07, 6.45) is -2.80. The van der Waals surface area contributed by atoms with Gasteiger partial charge in [-0.05, 0) is 31.8 Å². The molecule has 2 aliphatic heterocycles. The normalized spacial score (nSPS) is 33.0. The van der Waals surface area contributed by atoms with E-state index in [0.29, 0.717) is 0 Å². The van der Waals surface area contributed by atoms with Gasteiger partial charge in [0.25, 0.3) is 0 Å². The van der Waals surface area contributed by atoms with Gasteiger partial charge in [-0.3, -0.25) is 0 Å². The Bertz CT molecular complexity index is 296. The minimum atomic E-state index is -1.22. The van der Waals surface area contributed by atoms with Gasteiger partial charge in [0.2, 0.25) is 0 Å². The molecule has 3 N–H and O–H groups in total. The second-order valence-electron chi connectivity index (χ2n) is 5.30. The molecule has 0 spiro atoms. The van der Waals surface area contributed by atoms with Gasteiger partial charge in [-0.25, -0.2) is 0 Å². The lowest BCUT2D eigenvalue weighted by Gasteiger charge is -2.32. The molecule has 2 rings (SSSR count). The van der Waals surface area contributed by atoms with Crippen LogP contribution in [-0.4, -0.2) is 68.2 Å². The average Bonchev–Trinajstić information content (AvgIpc) is 2.77. The van der Waals surface area contributed by atoms with Crippen LogP contribution in [0.3, 0.4) is 0 Å². The highest BCUT2D eigenvalue weighted by Gasteiger charge is 2.43. The van der Waals surface area contributed by atoms with Gasteiger partial charge in [-0.1, -0.05) is 0 Å². The highest BCUT2D eigenvalue weighted by atomic mass is 32.2. The second kappa shape index (κ2) is 6.51. The third kappa shape index (κ3) is 4.00. The smallest absolute Gasteiger partial charge is 0.163 e. The largest absolute Gasteiger partial charge is 0.388 e. The van der Waals surface area contributed by atoms with Crippen molar-refractivity contribution in [3.8, 4) is 0 Å². The first-order valence-electron chi connectivity index (χ1n) is 6.50. The van der Waals surface area contributed by atoms with E-state index in [9.17, 15) is 15.3 Å². The SMILES string of the molecule is CC1(C)OC[C@H]([C@H](O)[C@@H](O)[C@H](O)C2SCCCS2)O1. The number of rotatable bonds is 4. The van der Waals surface area contributed by atoms with E-state index < -0.39 is 30.2 Å². The Morgan fingerprint density at radius 1 is 1.11 bits per heavy atom. The van der Waals surface area contributed by atoms with Crippen molar-refractivity contribution in [1.29, 1.82) is 0 Å². The van der Waals surface area contributed by atoms with Gasteiger partial charge in [0.15, 0.2) is 5.79 Å². The van der Waals surface area contributed by atoms with Gasteiger partial charge < -0.3 is 24.8 Å². The first-order chi connectivity index (χ1) is 8.91. The summed E-state index contributed by atoms with van der Waals surface area (Å²) in [5, 5.41) is 30.4. The molecule has 0 radical (unpaired) electrons. The fraction of sp³-hybridized carbons (Fsp3) is 1.00. The molecule has 5 nitrogen and oxygen atoms in total. The Labute approximate surface area is 122 Å². The number of aliphatic hydroxyl groups is 3. The van der Waals surface area contributed by atoms with Gasteiger partial charge in [0.05, 0.1) is 11.2 Å². The molecule has 0 unspecified atom stereocenters. The zero-order valence-corrected chi connectivity index (χ0v) is 12.8. The molecule has 4 atom stereocenters. The molecule has 19 heavy (non-hydrogen) atoms. The van der Waals surface area contributed by atoms with Gasteiger partial charge in [-0.15, -0.1) is 23.5 Å². The van der Waals surface area contributed by atoms with Crippen LogP contribution >= 0.6 is 23.5 Å². The molecule has 0 aromatic carbocycles. The molecule has 0 aromatic heterocycles. The fourth-order valence-electron chi connectivity index (χ4n) is 2.17. The molecule has 0 aromatic rings. The van der Waals surface area contributed by atoms with Crippen LogP contribution in [0, 0.1) is 0 Å². The molecule has 112 valence electrons. The predicted molar refractivity (Wildman–Crippen MR) is 76.2 cm³/mol. The molecular formula is C12H22O5S2. The van der Waals surface area contributed by atoms with Crippen LogP contribution in [0.15, 0.2) is 0 Å². The van der Waals surface area contributed by atoms with Crippen LogP contribution in [0.25, 0.3) is 0 Å². The fourth-order valence-corrected chi connectivity index (χ4v) is 5.12. The Morgan fingerprint density at radius 3 is 2.26 bits per heavy atom. The standard InChI is InChI=1S/C12H22O5S2/c1-12(2)16-6-7(17-12)8(13)9(14)10(15)11-18-4-3-5-19-11/h7-11,13-15H,3-6H2,1-2H3/t7-,8+,9-,10+/m1/s1. The Balaban J connectivity index is 1.89. The zero-order valence-electron chi connectivity index (χ0n) is 11.2. The second-order valence-corrected chi connectivity index (χ2v) is 8.10. The Hall–Kier alpha value is 0.500. The highest BCUT2D eigenvalue weighted by Crippen LogP contribution is 2.35. The van der Waals surface area contributed by atoms with Crippen molar-refractivity contribution in [3.63, 3.8) is 0 Å². The number of hydrogen-bond acceptors (Lipinski definition) is 7. The molecule has 0 amide bonds. The Kier molecular flexibility index (Phi) is 5.44. The van der Waals surface area contributed by atoms with Crippen molar-refractivity contribution in [2.24, 2.45) is 0 Å². The van der Waals surface area contributed by atoms with E-state index in [2.05, 4.69) is 0 Å². The first-order valence-corrected chi connectivity index (χ1v) is 8.60. The lowest BCUT2D eigenvalue weighted by atomic mass is 10.0. The summed E-state index contributed by atoms with van der Waals surface area (Å²) in [6.45, 7) is 3.74. The topological polar surface area (TPSA) is 79.2 Å². The van der Waals surface area contributed by atoms with E-state index >= 15 is 0 Å². The van der Waals surface area contributed by atoms with Crippen molar-refractivity contribution in [2.45, 2.75) is 55.1 Å². The van der Waals surface area contributed by atoms with Crippen LogP contribution in [0.1, 0.15) is 20.3 Å².